The van der Waals surface area contributed by atoms with E-state index in [1.807, 2.05) is 54.6 Å². The predicted octanol–water partition coefficient (Wildman–Crippen LogP) is 3.15. The number of amides is 1. The molecule has 1 amide bonds. The van der Waals surface area contributed by atoms with Crippen molar-refractivity contribution in [2.24, 2.45) is 5.10 Å². The molecule has 0 aliphatic rings. The summed E-state index contributed by atoms with van der Waals surface area (Å²) in [5.41, 5.74) is 4.85. The molecule has 2 aromatic carbocycles. The van der Waals surface area contributed by atoms with Crippen molar-refractivity contribution in [1.29, 1.82) is 0 Å². The van der Waals surface area contributed by atoms with E-state index in [4.69, 9.17) is 4.74 Å². The number of aromatic amines is 1. The highest BCUT2D eigenvalue weighted by Gasteiger charge is 2.06. The van der Waals surface area contributed by atoms with E-state index in [1.54, 1.807) is 18.6 Å². The predicted molar refractivity (Wildman–Crippen MR) is 107 cm³/mol. The first-order chi connectivity index (χ1) is 13.8. The van der Waals surface area contributed by atoms with Crippen LogP contribution in [-0.2, 0) is 4.79 Å². The topological polar surface area (TPSA) is 92.3 Å². The Kier molecular flexibility index (Phi) is 5.06. The lowest BCUT2D eigenvalue weighted by Crippen LogP contribution is -2.24. The van der Waals surface area contributed by atoms with E-state index in [1.165, 1.54) is 6.21 Å². The average molecular weight is 371 g/mol. The Balaban J connectivity index is 1.34. The van der Waals surface area contributed by atoms with Crippen LogP contribution in [0.2, 0.25) is 0 Å². The fourth-order valence-electron chi connectivity index (χ4n) is 2.75. The third kappa shape index (κ3) is 4.04. The highest BCUT2D eigenvalue weighted by molar-refractivity contribution is 5.89. The Hall–Kier alpha value is -4.00. The van der Waals surface area contributed by atoms with Gasteiger partial charge in [-0.15, -0.1) is 0 Å². The number of rotatable bonds is 6. The van der Waals surface area contributed by atoms with Crippen LogP contribution >= 0.6 is 0 Å². The molecule has 2 aromatic heterocycles. The molecule has 0 atom stereocenters. The molecular formula is C21H17N5O2. The highest BCUT2D eigenvalue weighted by Crippen LogP contribution is 2.20. The number of nitrogens with one attached hydrogen (secondary N) is 2. The number of carbonyl (C=O) groups is 1. The summed E-state index contributed by atoms with van der Waals surface area (Å²) in [7, 11) is 0. The normalized spacial score (nSPS) is 11.0. The number of ether oxygens (including phenoxy) is 1. The monoisotopic (exact) mass is 371 g/mol. The number of hydrogen-bond acceptors (Lipinski definition) is 5. The Labute approximate surface area is 161 Å². The summed E-state index contributed by atoms with van der Waals surface area (Å²) in [4.78, 5) is 16.1. The van der Waals surface area contributed by atoms with Crippen LogP contribution in [0.5, 0.6) is 5.75 Å². The Morgan fingerprint density at radius 1 is 1.11 bits per heavy atom. The van der Waals surface area contributed by atoms with Gasteiger partial charge in [0.25, 0.3) is 5.91 Å². The molecule has 0 saturated heterocycles. The minimum absolute atomic E-state index is 0.128. The fraction of sp³-hybridized carbons (Fsp3) is 0.0476. The van der Waals surface area contributed by atoms with E-state index in [-0.39, 0.29) is 12.5 Å². The number of hydrazone groups is 1. The van der Waals surface area contributed by atoms with Crippen molar-refractivity contribution >= 4 is 22.9 Å². The van der Waals surface area contributed by atoms with Crippen molar-refractivity contribution in [2.45, 2.75) is 0 Å². The van der Waals surface area contributed by atoms with Crippen LogP contribution in [0.25, 0.3) is 22.0 Å². The van der Waals surface area contributed by atoms with E-state index >= 15 is 0 Å². The lowest BCUT2D eigenvalue weighted by atomic mass is 10.1. The molecule has 2 heterocycles. The first-order valence-electron chi connectivity index (χ1n) is 8.67. The maximum absolute atomic E-state index is 12.0. The minimum Gasteiger partial charge on any atom is -0.484 e. The van der Waals surface area contributed by atoms with Gasteiger partial charge in [-0.3, -0.25) is 14.9 Å². The summed E-state index contributed by atoms with van der Waals surface area (Å²) in [5, 5.41) is 13.1. The van der Waals surface area contributed by atoms with Crippen molar-refractivity contribution in [3.05, 3.63) is 78.8 Å². The van der Waals surface area contributed by atoms with Crippen LogP contribution in [0.4, 0.5) is 0 Å². The second-order valence-electron chi connectivity index (χ2n) is 6.03. The van der Waals surface area contributed by atoms with Gasteiger partial charge in [-0.25, -0.2) is 5.43 Å². The zero-order valence-electron chi connectivity index (χ0n) is 14.9. The van der Waals surface area contributed by atoms with Crippen molar-refractivity contribution in [3.63, 3.8) is 0 Å². The van der Waals surface area contributed by atoms with Crippen LogP contribution in [0.3, 0.4) is 0 Å². The van der Waals surface area contributed by atoms with E-state index in [0.717, 1.165) is 27.6 Å². The maximum atomic E-state index is 12.0. The smallest absolute Gasteiger partial charge is 0.277 e. The fourth-order valence-corrected chi connectivity index (χ4v) is 2.75. The number of H-pyrrole nitrogens is 1. The van der Waals surface area contributed by atoms with Gasteiger partial charge in [-0.05, 0) is 35.0 Å². The number of hydrogen-bond donors (Lipinski definition) is 2. The van der Waals surface area contributed by atoms with Gasteiger partial charge in [0.1, 0.15) is 5.75 Å². The second kappa shape index (κ2) is 8.13. The van der Waals surface area contributed by atoms with Crippen LogP contribution in [0, 0.1) is 0 Å². The molecule has 138 valence electrons. The summed E-state index contributed by atoms with van der Waals surface area (Å²) in [6.07, 6.45) is 6.58. The van der Waals surface area contributed by atoms with Crippen LogP contribution in [-0.4, -0.2) is 33.9 Å². The Morgan fingerprint density at radius 3 is 2.86 bits per heavy atom. The van der Waals surface area contributed by atoms with E-state index in [0.29, 0.717) is 5.75 Å². The maximum Gasteiger partial charge on any atom is 0.277 e. The molecule has 2 N–H and O–H groups in total. The Morgan fingerprint density at radius 2 is 2.00 bits per heavy atom. The third-order valence-corrected chi connectivity index (χ3v) is 4.10. The number of carbonyl (C=O) groups excluding carboxylic acids is 1. The molecule has 0 unspecified atom stereocenters. The quantitative estimate of drug-likeness (QED) is 0.402. The van der Waals surface area contributed by atoms with Gasteiger partial charge in [-0.1, -0.05) is 30.3 Å². The van der Waals surface area contributed by atoms with E-state index in [2.05, 4.69) is 25.7 Å². The summed E-state index contributed by atoms with van der Waals surface area (Å²) >= 11 is 0. The average Bonchev–Trinajstić information content (AvgIpc) is 3.21. The van der Waals surface area contributed by atoms with Crippen molar-refractivity contribution in [3.8, 4) is 17.0 Å². The zero-order valence-corrected chi connectivity index (χ0v) is 14.9. The SMILES string of the molecule is O=C(COc1ccc2ccccc2c1)N/N=C/c1cn[nH]c1-c1cccnc1. The lowest BCUT2D eigenvalue weighted by molar-refractivity contribution is -0.123. The second-order valence-corrected chi connectivity index (χ2v) is 6.03. The number of fused-ring (bicyclic) bond motifs is 1. The highest BCUT2D eigenvalue weighted by atomic mass is 16.5. The van der Waals surface area contributed by atoms with Gasteiger partial charge in [0.2, 0.25) is 0 Å². The van der Waals surface area contributed by atoms with Gasteiger partial charge >= 0.3 is 0 Å². The van der Waals surface area contributed by atoms with Gasteiger partial charge in [0.15, 0.2) is 6.61 Å². The largest absolute Gasteiger partial charge is 0.484 e. The summed E-state index contributed by atoms with van der Waals surface area (Å²) in [5.74, 6) is 0.280. The van der Waals surface area contributed by atoms with Crippen molar-refractivity contribution in [2.75, 3.05) is 6.61 Å². The molecule has 0 spiro atoms. The van der Waals surface area contributed by atoms with Crippen LogP contribution in [0.1, 0.15) is 5.56 Å². The molecule has 0 saturated carbocycles. The van der Waals surface area contributed by atoms with Crippen LogP contribution in [0.15, 0.2) is 78.3 Å². The molecule has 7 heteroatoms. The Bertz CT molecular complexity index is 1120. The van der Waals surface area contributed by atoms with E-state index < -0.39 is 0 Å². The standard InChI is InChI=1S/C21H17N5O2/c27-20(14-28-19-8-7-15-4-1-2-5-16(15)10-19)25-23-12-18-13-24-26-21(18)17-6-3-9-22-11-17/h1-13H,14H2,(H,24,26)(H,25,27)/b23-12+. The van der Waals surface area contributed by atoms with Crippen molar-refractivity contribution in [1.82, 2.24) is 20.6 Å². The number of aromatic nitrogens is 3. The molecule has 0 aliphatic carbocycles. The van der Waals surface area contributed by atoms with Crippen LogP contribution < -0.4 is 10.2 Å². The molecule has 4 aromatic rings. The van der Waals surface area contributed by atoms with Gasteiger partial charge < -0.3 is 4.74 Å². The van der Waals surface area contributed by atoms with Gasteiger partial charge in [0, 0.05) is 23.5 Å². The molecule has 0 bridgehead atoms. The zero-order chi connectivity index (χ0) is 19.2. The lowest BCUT2D eigenvalue weighted by Gasteiger charge is -2.06. The number of nitrogens with zero attached hydrogens (tertiary/aromatic N) is 3. The molecule has 28 heavy (non-hydrogen) atoms. The summed E-state index contributed by atoms with van der Waals surface area (Å²) in [6, 6.07) is 17.4. The molecule has 7 nitrogen and oxygen atoms in total. The molecule has 0 fully saturated rings. The minimum atomic E-state index is -0.351. The van der Waals surface area contributed by atoms with Gasteiger partial charge in [-0.2, -0.15) is 10.2 Å². The first kappa shape index (κ1) is 17.4. The summed E-state index contributed by atoms with van der Waals surface area (Å²) in [6.45, 7) is -0.128. The molecular weight excluding hydrogens is 354 g/mol. The first-order valence-corrected chi connectivity index (χ1v) is 8.67. The molecule has 0 radical (unpaired) electrons. The van der Waals surface area contributed by atoms with E-state index in [9.17, 15) is 4.79 Å². The van der Waals surface area contributed by atoms with Gasteiger partial charge in [0.05, 0.1) is 18.1 Å². The summed E-state index contributed by atoms with van der Waals surface area (Å²) < 4.78 is 5.54. The molecule has 0 aliphatic heterocycles. The van der Waals surface area contributed by atoms with Crippen molar-refractivity contribution < 1.29 is 9.53 Å². The molecule has 4 rings (SSSR count). The third-order valence-electron chi connectivity index (χ3n) is 4.10. The number of benzene rings is 2. The number of pyridine rings is 1.